The van der Waals surface area contributed by atoms with Gasteiger partial charge in [-0.1, -0.05) is 18.2 Å². The van der Waals surface area contributed by atoms with Gasteiger partial charge in [-0.15, -0.1) is 0 Å². The molecule has 1 atom stereocenters. The molecule has 4 nitrogen and oxygen atoms in total. The number of benzene rings is 1. The molecule has 1 heterocycles. The highest BCUT2D eigenvalue weighted by atomic mass is 16.5. The van der Waals surface area contributed by atoms with E-state index in [1.54, 1.807) is 0 Å². The molecule has 0 radical (unpaired) electrons. The number of methoxy groups -OCH3 is 1. The smallest absolute Gasteiger partial charge is 0.328 e. The predicted octanol–water partition coefficient (Wildman–Crippen LogP) is 0.940. The number of para-hydroxylation sites is 1. The first kappa shape index (κ1) is 11.9. The maximum Gasteiger partial charge on any atom is 0.328 e. The molecule has 0 aromatic heterocycles. The molecule has 0 saturated heterocycles. The number of anilines is 1. The molecule has 0 spiro atoms. The second-order valence-electron chi connectivity index (χ2n) is 4.19. The van der Waals surface area contributed by atoms with Gasteiger partial charge in [0.05, 0.1) is 7.11 Å². The lowest BCUT2D eigenvalue weighted by atomic mass is 10.1. The van der Waals surface area contributed by atoms with Gasteiger partial charge < -0.3 is 15.4 Å². The highest BCUT2D eigenvalue weighted by Gasteiger charge is 2.30. The molecule has 17 heavy (non-hydrogen) atoms. The lowest BCUT2D eigenvalue weighted by Gasteiger charge is -2.27. The summed E-state index contributed by atoms with van der Waals surface area (Å²) >= 11 is 0. The topological polar surface area (TPSA) is 55.6 Å². The van der Waals surface area contributed by atoms with E-state index in [-0.39, 0.29) is 12.0 Å². The number of nitrogens with two attached hydrogens (primary N) is 1. The number of carbonyl (C=O) groups is 1. The first-order valence-corrected chi connectivity index (χ1v) is 5.90. The minimum atomic E-state index is -0.256. The Balaban J connectivity index is 2.24. The van der Waals surface area contributed by atoms with Crippen LogP contribution in [0.4, 0.5) is 5.69 Å². The van der Waals surface area contributed by atoms with E-state index in [9.17, 15) is 4.79 Å². The van der Waals surface area contributed by atoms with E-state index in [1.807, 2.05) is 12.1 Å². The van der Waals surface area contributed by atoms with Crippen molar-refractivity contribution in [2.24, 2.45) is 5.73 Å². The molecule has 0 bridgehead atoms. The predicted molar refractivity (Wildman–Crippen MR) is 67.0 cm³/mol. The SMILES string of the molecule is COC(=O)C(CCN)N1CCc2ccccc21. The van der Waals surface area contributed by atoms with E-state index in [4.69, 9.17) is 10.5 Å². The van der Waals surface area contributed by atoms with E-state index in [0.717, 1.165) is 18.7 Å². The third-order valence-electron chi connectivity index (χ3n) is 3.21. The average molecular weight is 234 g/mol. The molecular weight excluding hydrogens is 216 g/mol. The van der Waals surface area contributed by atoms with Gasteiger partial charge in [-0.3, -0.25) is 0 Å². The van der Waals surface area contributed by atoms with Gasteiger partial charge in [0, 0.05) is 12.2 Å². The Hall–Kier alpha value is -1.55. The van der Waals surface area contributed by atoms with Gasteiger partial charge in [0.2, 0.25) is 0 Å². The summed E-state index contributed by atoms with van der Waals surface area (Å²) in [5, 5.41) is 0. The van der Waals surface area contributed by atoms with Crippen molar-refractivity contribution >= 4 is 11.7 Å². The number of hydrogen-bond acceptors (Lipinski definition) is 4. The van der Waals surface area contributed by atoms with Crippen LogP contribution in [0.1, 0.15) is 12.0 Å². The van der Waals surface area contributed by atoms with E-state index in [0.29, 0.717) is 13.0 Å². The Bertz CT molecular complexity index is 406. The highest BCUT2D eigenvalue weighted by molar-refractivity contribution is 5.81. The number of fused-ring (bicyclic) bond motifs is 1. The summed E-state index contributed by atoms with van der Waals surface area (Å²) in [4.78, 5) is 13.9. The Kier molecular flexibility index (Phi) is 3.64. The quantitative estimate of drug-likeness (QED) is 0.788. The fourth-order valence-corrected chi connectivity index (χ4v) is 2.38. The molecule has 0 aliphatic carbocycles. The molecule has 2 rings (SSSR count). The molecule has 1 aliphatic rings. The number of nitrogens with zero attached hydrogens (tertiary/aromatic N) is 1. The minimum Gasteiger partial charge on any atom is -0.467 e. The van der Waals surface area contributed by atoms with E-state index >= 15 is 0 Å². The van der Waals surface area contributed by atoms with Crippen LogP contribution < -0.4 is 10.6 Å². The van der Waals surface area contributed by atoms with Crippen molar-refractivity contribution in [3.8, 4) is 0 Å². The van der Waals surface area contributed by atoms with Crippen LogP contribution in [0.3, 0.4) is 0 Å². The summed E-state index contributed by atoms with van der Waals surface area (Å²) in [6, 6.07) is 7.92. The van der Waals surface area contributed by atoms with Gasteiger partial charge >= 0.3 is 5.97 Å². The zero-order chi connectivity index (χ0) is 12.3. The van der Waals surface area contributed by atoms with Crippen molar-refractivity contribution in [2.75, 3.05) is 25.1 Å². The summed E-state index contributed by atoms with van der Waals surface area (Å²) < 4.78 is 4.86. The Morgan fingerprint density at radius 2 is 2.29 bits per heavy atom. The van der Waals surface area contributed by atoms with Crippen molar-refractivity contribution < 1.29 is 9.53 Å². The van der Waals surface area contributed by atoms with Crippen LogP contribution in [-0.4, -0.2) is 32.2 Å². The van der Waals surface area contributed by atoms with E-state index in [2.05, 4.69) is 17.0 Å². The maximum absolute atomic E-state index is 11.8. The molecule has 2 N–H and O–H groups in total. The fourth-order valence-electron chi connectivity index (χ4n) is 2.38. The molecule has 4 heteroatoms. The summed E-state index contributed by atoms with van der Waals surface area (Å²) in [5.74, 6) is -0.202. The van der Waals surface area contributed by atoms with Crippen molar-refractivity contribution in [2.45, 2.75) is 18.9 Å². The standard InChI is InChI=1S/C13H18N2O2/c1-17-13(16)12(6-8-14)15-9-7-10-4-2-3-5-11(10)15/h2-5,12H,6-9,14H2,1H3. The Morgan fingerprint density at radius 1 is 1.53 bits per heavy atom. The van der Waals surface area contributed by atoms with Crippen LogP contribution in [0.15, 0.2) is 24.3 Å². The first-order chi connectivity index (χ1) is 8.27. The van der Waals surface area contributed by atoms with Gasteiger partial charge in [-0.05, 0) is 31.0 Å². The zero-order valence-corrected chi connectivity index (χ0v) is 10.1. The van der Waals surface area contributed by atoms with Gasteiger partial charge in [0.15, 0.2) is 0 Å². The summed E-state index contributed by atoms with van der Waals surface area (Å²) in [7, 11) is 1.42. The fraction of sp³-hybridized carbons (Fsp3) is 0.462. The van der Waals surface area contributed by atoms with E-state index in [1.165, 1.54) is 12.7 Å². The van der Waals surface area contributed by atoms with Gasteiger partial charge in [-0.25, -0.2) is 4.79 Å². The van der Waals surface area contributed by atoms with Crippen LogP contribution in [0.5, 0.6) is 0 Å². The lowest BCUT2D eigenvalue weighted by molar-refractivity contribution is -0.142. The molecule has 1 aromatic rings. The summed E-state index contributed by atoms with van der Waals surface area (Å²) in [5.41, 5.74) is 8.00. The largest absolute Gasteiger partial charge is 0.467 e. The normalized spacial score (nSPS) is 15.5. The van der Waals surface area contributed by atoms with E-state index < -0.39 is 0 Å². The number of rotatable bonds is 4. The number of carbonyl (C=O) groups excluding carboxylic acids is 1. The van der Waals surface area contributed by atoms with Crippen LogP contribution in [0.25, 0.3) is 0 Å². The number of esters is 1. The third kappa shape index (κ3) is 2.26. The number of hydrogen-bond donors (Lipinski definition) is 1. The molecule has 1 aromatic carbocycles. The van der Waals surface area contributed by atoms with Gasteiger partial charge in [0.1, 0.15) is 6.04 Å². The summed E-state index contributed by atoms with van der Waals surface area (Å²) in [6.45, 7) is 1.34. The average Bonchev–Trinajstić information content (AvgIpc) is 2.79. The number of ether oxygens (including phenoxy) is 1. The Morgan fingerprint density at radius 3 is 3.00 bits per heavy atom. The van der Waals surface area contributed by atoms with Crippen LogP contribution in [0, 0.1) is 0 Å². The molecule has 1 unspecified atom stereocenters. The second kappa shape index (κ2) is 5.19. The molecule has 0 fully saturated rings. The molecule has 1 aliphatic heterocycles. The summed E-state index contributed by atoms with van der Waals surface area (Å²) in [6.07, 6.45) is 1.61. The van der Waals surface area contributed by atoms with Crippen LogP contribution in [0.2, 0.25) is 0 Å². The van der Waals surface area contributed by atoms with Crippen LogP contribution >= 0.6 is 0 Å². The van der Waals surface area contributed by atoms with Crippen molar-refractivity contribution in [1.29, 1.82) is 0 Å². The lowest BCUT2D eigenvalue weighted by Crippen LogP contribution is -2.42. The van der Waals surface area contributed by atoms with Crippen molar-refractivity contribution in [3.63, 3.8) is 0 Å². The van der Waals surface area contributed by atoms with Gasteiger partial charge in [0.25, 0.3) is 0 Å². The maximum atomic E-state index is 11.8. The molecule has 92 valence electrons. The second-order valence-corrected chi connectivity index (χ2v) is 4.19. The molecule has 0 saturated carbocycles. The molecular formula is C13H18N2O2. The monoisotopic (exact) mass is 234 g/mol. The third-order valence-corrected chi connectivity index (χ3v) is 3.21. The molecule has 0 amide bonds. The van der Waals surface area contributed by atoms with Gasteiger partial charge in [-0.2, -0.15) is 0 Å². The van der Waals surface area contributed by atoms with Crippen LogP contribution in [-0.2, 0) is 16.0 Å². The van der Waals surface area contributed by atoms with Crippen molar-refractivity contribution in [3.05, 3.63) is 29.8 Å². The minimum absolute atomic E-state index is 0.202. The first-order valence-electron chi connectivity index (χ1n) is 5.90. The highest BCUT2D eigenvalue weighted by Crippen LogP contribution is 2.30. The van der Waals surface area contributed by atoms with Crippen molar-refractivity contribution in [1.82, 2.24) is 0 Å². The zero-order valence-electron chi connectivity index (χ0n) is 10.1. The Labute approximate surface area is 101 Å².